The lowest BCUT2D eigenvalue weighted by Crippen LogP contribution is -2.12. The van der Waals surface area contributed by atoms with Gasteiger partial charge < -0.3 is 5.73 Å². The SMILES string of the molecule is CCc1cc(CN)cc(C(C)(C)C)c1. The van der Waals surface area contributed by atoms with Crippen molar-refractivity contribution in [3.05, 3.63) is 34.9 Å². The molecule has 0 amide bonds. The van der Waals surface area contributed by atoms with Crippen LogP contribution >= 0.6 is 0 Å². The van der Waals surface area contributed by atoms with Crippen LogP contribution in [0.3, 0.4) is 0 Å². The van der Waals surface area contributed by atoms with E-state index >= 15 is 0 Å². The summed E-state index contributed by atoms with van der Waals surface area (Å²) in [4.78, 5) is 0. The predicted octanol–water partition coefficient (Wildman–Crippen LogP) is 3.01. The Labute approximate surface area is 87.3 Å². The highest BCUT2D eigenvalue weighted by atomic mass is 14.5. The molecule has 0 aromatic heterocycles. The van der Waals surface area contributed by atoms with Gasteiger partial charge in [-0.1, -0.05) is 45.9 Å². The van der Waals surface area contributed by atoms with Crippen molar-refractivity contribution in [2.45, 2.75) is 46.1 Å². The van der Waals surface area contributed by atoms with Gasteiger partial charge in [0.15, 0.2) is 0 Å². The average molecular weight is 191 g/mol. The molecule has 78 valence electrons. The summed E-state index contributed by atoms with van der Waals surface area (Å²) in [6.45, 7) is 9.53. The molecule has 1 rings (SSSR count). The fourth-order valence-corrected chi connectivity index (χ4v) is 1.52. The second-order valence-electron chi connectivity index (χ2n) is 4.85. The van der Waals surface area contributed by atoms with Crippen LogP contribution in [0, 0.1) is 0 Å². The van der Waals surface area contributed by atoms with Crippen molar-refractivity contribution in [1.82, 2.24) is 0 Å². The van der Waals surface area contributed by atoms with Gasteiger partial charge in [-0.15, -0.1) is 0 Å². The second-order valence-corrected chi connectivity index (χ2v) is 4.85. The normalized spacial score (nSPS) is 11.8. The van der Waals surface area contributed by atoms with E-state index in [-0.39, 0.29) is 5.41 Å². The molecule has 1 aromatic carbocycles. The molecule has 0 fully saturated rings. The minimum absolute atomic E-state index is 0.217. The monoisotopic (exact) mass is 191 g/mol. The van der Waals surface area contributed by atoms with Crippen LogP contribution in [-0.4, -0.2) is 0 Å². The Kier molecular flexibility index (Phi) is 3.33. The maximum Gasteiger partial charge on any atom is 0.0178 e. The zero-order chi connectivity index (χ0) is 10.8. The Morgan fingerprint density at radius 3 is 2.07 bits per heavy atom. The molecule has 0 aliphatic rings. The lowest BCUT2D eigenvalue weighted by atomic mass is 9.85. The molecule has 0 saturated heterocycles. The average Bonchev–Trinajstić information content (AvgIpc) is 2.15. The molecule has 0 heterocycles. The fourth-order valence-electron chi connectivity index (χ4n) is 1.52. The van der Waals surface area contributed by atoms with Crippen LogP contribution in [0.25, 0.3) is 0 Å². The number of benzene rings is 1. The quantitative estimate of drug-likeness (QED) is 0.764. The highest BCUT2D eigenvalue weighted by molar-refractivity contribution is 5.34. The molecule has 0 atom stereocenters. The van der Waals surface area contributed by atoms with Gasteiger partial charge in [-0.2, -0.15) is 0 Å². The van der Waals surface area contributed by atoms with E-state index in [2.05, 4.69) is 45.9 Å². The Bertz CT molecular complexity index is 285. The van der Waals surface area contributed by atoms with Gasteiger partial charge in [0.1, 0.15) is 0 Å². The predicted molar refractivity (Wildman–Crippen MR) is 62.4 cm³/mol. The molecule has 1 heteroatoms. The lowest BCUT2D eigenvalue weighted by Gasteiger charge is -2.21. The van der Waals surface area contributed by atoms with Gasteiger partial charge in [0.25, 0.3) is 0 Å². The molecule has 0 spiro atoms. The minimum Gasteiger partial charge on any atom is -0.326 e. The van der Waals surface area contributed by atoms with E-state index in [0.29, 0.717) is 6.54 Å². The summed E-state index contributed by atoms with van der Waals surface area (Å²) in [6.07, 6.45) is 1.08. The zero-order valence-corrected chi connectivity index (χ0v) is 9.72. The minimum atomic E-state index is 0.217. The van der Waals surface area contributed by atoms with E-state index in [1.165, 1.54) is 16.7 Å². The Hall–Kier alpha value is -0.820. The molecular weight excluding hydrogens is 170 g/mol. The number of hydrogen-bond acceptors (Lipinski definition) is 1. The third kappa shape index (κ3) is 2.58. The molecule has 0 radical (unpaired) electrons. The topological polar surface area (TPSA) is 26.0 Å². The highest BCUT2D eigenvalue weighted by Crippen LogP contribution is 2.24. The van der Waals surface area contributed by atoms with Crippen molar-refractivity contribution in [2.24, 2.45) is 5.73 Å². The maximum absolute atomic E-state index is 5.69. The van der Waals surface area contributed by atoms with E-state index in [9.17, 15) is 0 Å². The Morgan fingerprint density at radius 1 is 1.07 bits per heavy atom. The van der Waals surface area contributed by atoms with Crippen LogP contribution < -0.4 is 5.73 Å². The number of hydrogen-bond donors (Lipinski definition) is 1. The summed E-state index contributed by atoms with van der Waals surface area (Å²) in [5.41, 5.74) is 9.92. The summed E-state index contributed by atoms with van der Waals surface area (Å²) in [5, 5.41) is 0. The number of nitrogens with two attached hydrogens (primary N) is 1. The van der Waals surface area contributed by atoms with E-state index in [1.54, 1.807) is 0 Å². The lowest BCUT2D eigenvalue weighted by molar-refractivity contribution is 0.588. The summed E-state index contributed by atoms with van der Waals surface area (Å²) < 4.78 is 0. The molecular formula is C13H21N. The van der Waals surface area contributed by atoms with Gasteiger partial charge in [0, 0.05) is 6.54 Å². The van der Waals surface area contributed by atoms with Crippen LogP contribution in [0.2, 0.25) is 0 Å². The molecule has 0 aliphatic heterocycles. The first-order valence-corrected chi connectivity index (χ1v) is 5.30. The first-order valence-electron chi connectivity index (χ1n) is 5.30. The van der Waals surface area contributed by atoms with E-state index in [1.807, 2.05) is 0 Å². The largest absolute Gasteiger partial charge is 0.326 e. The van der Waals surface area contributed by atoms with E-state index < -0.39 is 0 Å². The van der Waals surface area contributed by atoms with Crippen molar-refractivity contribution in [3.8, 4) is 0 Å². The van der Waals surface area contributed by atoms with Gasteiger partial charge in [-0.25, -0.2) is 0 Å². The third-order valence-electron chi connectivity index (χ3n) is 2.56. The van der Waals surface area contributed by atoms with Gasteiger partial charge in [-0.05, 0) is 28.5 Å². The molecule has 1 aromatic rings. The summed E-state index contributed by atoms with van der Waals surface area (Å²) in [6, 6.07) is 6.72. The standard InChI is InChI=1S/C13H21N/c1-5-10-6-11(9-14)8-12(7-10)13(2,3)4/h6-8H,5,9,14H2,1-4H3. The molecule has 0 unspecified atom stereocenters. The zero-order valence-electron chi connectivity index (χ0n) is 9.72. The van der Waals surface area contributed by atoms with E-state index in [0.717, 1.165) is 6.42 Å². The van der Waals surface area contributed by atoms with Crippen LogP contribution in [-0.2, 0) is 18.4 Å². The fraction of sp³-hybridized carbons (Fsp3) is 0.538. The van der Waals surface area contributed by atoms with Crippen LogP contribution in [0.5, 0.6) is 0 Å². The van der Waals surface area contributed by atoms with Gasteiger partial charge in [0.05, 0.1) is 0 Å². The van der Waals surface area contributed by atoms with Gasteiger partial charge in [-0.3, -0.25) is 0 Å². The number of aryl methyl sites for hydroxylation is 1. The Balaban J connectivity index is 3.17. The van der Waals surface area contributed by atoms with Crippen molar-refractivity contribution >= 4 is 0 Å². The van der Waals surface area contributed by atoms with Crippen molar-refractivity contribution in [3.63, 3.8) is 0 Å². The Morgan fingerprint density at radius 2 is 1.64 bits per heavy atom. The molecule has 1 nitrogen and oxygen atoms in total. The van der Waals surface area contributed by atoms with E-state index in [4.69, 9.17) is 5.73 Å². The second kappa shape index (κ2) is 4.14. The summed E-state index contributed by atoms with van der Waals surface area (Å²) in [5.74, 6) is 0. The van der Waals surface area contributed by atoms with Crippen molar-refractivity contribution < 1.29 is 0 Å². The van der Waals surface area contributed by atoms with Crippen molar-refractivity contribution in [1.29, 1.82) is 0 Å². The number of rotatable bonds is 2. The molecule has 2 N–H and O–H groups in total. The van der Waals surface area contributed by atoms with Gasteiger partial charge >= 0.3 is 0 Å². The van der Waals surface area contributed by atoms with Gasteiger partial charge in [0.2, 0.25) is 0 Å². The smallest absolute Gasteiger partial charge is 0.0178 e. The molecule has 0 bridgehead atoms. The van der Waals surface area contributed by atoms with Crippen LogP contribution in [0.15, 0.2) is 18.2 Å². The highest BCUT2D eigenvalue weighted by Gasteiger charge is 2.14. The first-order chi connectivity index (χ1) is 6.47. The molecule has 0 saturated carbocycles. The first kappa shape index (κ1) is 11.3. The molecule has 14 heavy (non-hydrogen) atoms. The summed E-state index contributed by atoms with van der Waals surface area (Å²) in [7, 11) is 0. The third-order valence-corrected chi connectivity index (χ3v) is 2.56. The maximum atomic E-state index is 5.69. The van der Waals surface area contributed by atoms with Crippen LogP contribution in [0.1, 0.15) is 44.4 Å². The van der Waals surface area contributed by atoms with Crippen LogP contribution in [0.4, 0.5) is 0 Å². The molecule has 0 aliphatic carbocycles. The summed E-state index contributed by atoms with van der Waals surface area (Å²) >= 11 is 0. The van der Waals surface area contributed by atoms with Crippen molar-refractivity contribution in [2.75, 3.05) is 0 Å².